The van der Waals surface area contributed by atoms with E-state index in [-0.39, 0.29) is 24.9 Å². The Balaban J connectivity index is 2.04. The summed E-state index contributed by atoms with van der Waals surface area (Å²) in [5, 5.41) is 11.1. The Morgan fingerprint density at radius 3 is 2.70 bits per heavy atom. The summed E-state index contributed by atoms with van der Waals surface area (Å²) in [4.78, 5) is 13.3. The molecule has 0 aliphatic heterocycles. The van der Waals surface area contributed by atoms with E-state index in [1.165, 1.54) is 29.5 Å². The van der Waals surface area contributed by atoms with Crippen molar-refractivity contribution in [3.63, 3.8) is 0 Å². The van der Waals surface area contributed by atoms with E-state index < -0.39 is 0 Å². The second-order valence-corrected chi connectivity index (χ2v) is 5.17. The molecule has 20 heavy (non-hydrogen) atoms. The van der Waals surface area contributed by atoms with Crippen molar-refractivity contribution in [2.45, 2.75) is 0 Å². The topological polar surface area (TPSA) is 49.3 Å². The zero-order chi connectivity index (χ0) is 14.4. The highest BCUT2D eigenvalue weighted by atomic mass is 32.1. The van der Waals surface area contributed by atoms with Crippen molar-refractivity contribution < 1.29 is 14.3 Å². The lowest BCUT2D eigenvalue weighted by molar-refractivity contribution is -0.116. The second-order valence-electron chi connectivity index (χ2n) is 4.06. The highest BCUT2D eigenvalue weighted by Crippen LogP contribution is 2.28. The zero-order valence-corrected chi connectivity index (χ0v) is 11.5. The molecule has 1 aromatic heterocycles. The van der Waals surface area contributed by atoms with E-state index in [0.717, 1.165) is 15.3 Å². The van der Waals surface area contributed by atoms with Gasteiger partial charge in [0.2, 0.25) is 5.91 Å². The third kappa shape index (κ3) is 4.01. The smallest absolute Gasteiger partial charge is 0.244 e. The molecule has 0 aliphatic rings. The monoisotopic (exact) mass is 291 g/mol. The SMILES string of the molecule is O=C(/C=C/c1ccc(-c2ccc(F)cc2)s1)NCCO. The quantitative estimate of drug-likeness (QED) is 0.832. The van der Waals surface area contributed by atoms with Gasteiger partial charge in [0, 0.05) is 22.4 Å². The van der Waals surface area contributed by atoms with Gasteiger partial charge in [-0.1, -0.05) is 12.1 Å². The molecule has 0 atom stereocenters. The highest BCUT2D eigenvalue weighted by Gasteiger charge is 2.02. The van der Waals surface area contributed by atoms with Crippen molar-refractivity contribution >= 4 is 23.3 Å². The number of carbonyl (C=O) groups is 1. The van der Waals surface area contributed by atoms with E-state index in [0.29, 0.717) is 0 Å². The largest absolute Gasteiger partial charge is 0.395 e. The molecule has 0 saturated heterocycles. The van der Waals surface area contributed by atoms with Crippen LogP contribution in [0.1, 0.15) is 4.88 Å². The van der Waals surface area contributed by atoms with Crippen LogP contribution in [-0.4, -0.2) is 24.2 Å². The first kappa shape index (κ1) is 14.4. The Bertz CT molecular complexity index is 605. The fourth-order valence-electron chi connectivity index (χ4n) is 1.61. The molecule has 2 N–H and O–H groups in total. The molecule has 2 rings (SSSR count). The Kier molecular flexibility index (Phi) is 5.03. The van der Waals surface area contributed by atoms with Gasteiger partial charge >= 0.3 is 0 Å². The predicted octanol–water partition coefficient (Wildman–Crippen LogP) is 2.68. The Labute approximate surface area is 120 Å². The van der Waals surface area contributed by atoms with Crippen LogP contribution in [0.15, 0.2) is 42.5 Å². The molecule has 0 radical (unpaired) electrons. The van der Waals surface area contributed by atoms with Crippen LogP contribution in [0, 0.1) is 5.82 Å². The first-order valence-electron chi connectivity index (χ1n) is 6.11. The van der Waals surface area contributed by atoms with Gasteiger partial charge in [-0.25, -0.2) is 4.39 Å². The number of thiophene rings is 1. The number of nitrogens with one attached hydrogen (secondary N) is 1. The molecule has 5 heteroatoms. The van der Waals surface area contributed by atoms with Gasteiger partial charge in [-0.15, -0.1) is 11.3 Å². The number of hydrogen-bond acceptors (Lipinski definition) is 3. The summed E-state index contributed by atoms with van der Waals surface area (Å²) >= 11 is 1.52. The standard InChI is InChI=1S/C15H14FNO2S/c16-12-3-1-11(2-4-12)14-7-5-13(20-14)6-8-15(19)17-9-10-18/h1-8,18H,9-10H2,(H,17,19)/b8-6+. The summed E-state index contributed by atoms with van der Waals surface area (Å²) in [7, 11) is 0. The van der Waals surface area contributed by atoms with Crippen molar-refractivity contribution in [2.75, 3.05) is 13.2 Å². The normalized spacial score (nSPS) is 10.9. The van der Waals surface area contributed by atoms with E-state index in [1.807, 2.05) is 12.1 Å². The van der Waals surface area contributed by atoms with Crippen LogP contribution < -0.4 is 5.32 Å². The molecule has 104 valence electrons. The second kappa shape index (κ2) is 6.98. The highest BCUT2D eigenvalue weighted by molar-refractivity contribution is 7.16. The van der Waals surface area contributed by atoms with Gasteiger partial charge in [0.1, 0.15) is 5.82 Å². The number of aliphatic hydroxyl groups excluding tert-OH is 1. The van der Waals surface area contributed by atoms with E-state index in [1.54, 1.807) is 18.2 Å². The molecule has 0 spiro atoms. The lowest BCUT2D eigenvalue weighted by atomic mass is 10.2. The van der Waals surface area contributed by atoms with Crippen molar-refractivity contribution in [1.82, 2.24) is 5.32 Å². The average Bonchev–Trinajstić information content (AvgIpc) is 2.92. The summed E-state index contributed by atoms with van der Waals surface area (Å²) in [6.45, 7) is 0.168. The first-order valence-corrected chi connectivity index (χ1v) is 6.93. The van der Waals surface area contributed by atoms with Gasteiger partial charge in [0.15, 0.2) is 0 Å². The van der Waals surface area contributed by atoms with E-state index in [2.05, 4.69) is 5.32 Å². The van der Waals surface area contributed by atoms with Gasteiger partial charge in [-0.05, 0) is 35.9 Å². The molecule has 2 aromatic rings. The summed E-state index contributed by atoms with van der Waals surface area (Å²) in [6.07, 6.45) is 3.14. The maximum atomic E-state index is 12.8. The van der Waals surface area contributed by atoms with Crippen LogP contribution in [-0.2, 0) is 4.79 Å². The summed E-state index contributed by atoms with van der Waals surface area (Å²) in [5.41, 5.74) is 0.945. The predicted molar refractivity (Wildman–Crippen MR) is 78.8 cm³/mol. The van der Waals surface area contributed by atoms with Crippen molar-refractivity contribution in [1.29, 1.82) is 0 Å². The van der Waals surface area contributed by atoms with Gasteiger partial charge in [0.25, 0.3) is 0 Å². The fourth-order valence-corrected chi connectivity index (χ4v) is 2.52. The summed E-state index contributed by atoms with van der Waals surface area (Å²) < 4.78 is 12.8. The first-order chi connectivity index (χ1) is 9.69. The molecule has 0 saturated carbocycles. The average molecular weight is 291 g/mol. The van der Waals surface area contributed by atoms with Gasteiger partial charge in [-0.2, -0.15) is 0 Å². The lowest BCUT2D eigenvalue weighted by Gasteiger charge is -1.96. The molecule has 0 aliphatic carbocycles. The van der Waals surface area contributed by atoms with Crippen LogP contribution in [0.4, 0.5) is 4.39 Å². The lowest BCUT2D eigenvalue weighted by Crippen LogP contribution is -2.24. The van der Waals surface area contributed by atoms with Crippen LogP contribution in [0.25, 0.3) is 16.5 Å². The summed E-state index contributed by atoms with van der Waals surface area (Å²) in [6, 6.07) is 10.1. The van der Waals surface area contributed by atoms with Crippen molar-refractivity contribution in [3.8, 4) is 10.4 Å². The third-order valence-corrected chi connectivity index (χ3v) is 3.67. The molecule has 0 bridgehead atoms. The van der Waals surface area contributed by atoms with Gasteiger partial charge < -0.3 is 10.4 Å². The van der Waals surface area contributed by atoms with Gasteiger partial charge in [-0.3, -0.25) is 4.79 Å². The number of halogens is 1. The number of benzene rings is 1. The van der Waals surface area contributed by atoms with E-state index in [9.17, 15) is 9.18 Å². The Morgan fingerprint density at radius 1 is 1.25 bits per heavy atom. The van der Waals surface area contributed by atoms with Gasteiger partial charge in [0.05, 0.1) is 6.61 Å². The number of amides is 1. The molecule has 3 nitrogen and oxygen atoms in total. The van der Waals surface area contributed by atoms with Crippen LogP contribution in [0.5, 0.6) is 0 Å². The summed E-state index contributed by atoms with van der Waals surface area (Å²) in [5.74, 6) is -0.498. The van der Waals surface area contributed by atoms with Crippen LogP contribution in [0.2, 0.25) is 0 Å². The minimum Gasteiger partial charge on any atom is -0.395 e. The number of rotatable bonds is 5. The zero-order valence-electron chi connectivity index (χ0n) is 10.7. The van der Waals surface area contributed by atoms with E-state index >= 15 is 0 Å². The van der Waals surface area contributed by atoms with Crippen molar-refractivity contribution in [2.24, 2.45) is 0 Å². The van der Waals surface area contributed by atoms with Crippen molar-refractivity contribution in [3.05, 3.63) is 53.2 Å². The minimum absolute atomic E-state index is 0.0761. The molecular formula is C15H14FNO2S. The molecule has 1 amide bonds. The number of carbonyl (C=O) groups excluding carboxylic acids is 1. The molecular weight excluding hydrogens is 277 g/mol. The Hall–Kier alpha value is -1.98. The molecule has 0 fully saturated rings. The fraction of sp³-hybridized carbons (Fsp3) is 0.133. The minimum atomic E-state index is -0.258. The molecule has 1 heterocycles. The molecule has 1 aromatic carbocycles. The molecule has 0 unspecified atom stereocenters. The van der Waals surface area contributed by atoms with Crippen LogP contribution >= 0.6 is 11.3 Å². The number of hydrogen-bond donors (Lipinski definition) is 2. The maximum absolute atomic E-state index is 12.8. The Morgan fingerprint density at radius 2 is 2.00 bits per heavy atom. The maximum Gasteiger partial charge on any atom is 0.244 e. The third-order valence-electron chi connectivity index (χ3n) is 2.57. The number of aliphatic hydroxyl groups is 1. The van der Waals surface area contributed by atoms with E-state index in [4.69, 9.17) is 5.11 Å². The van der Waals surface area contributed by atoms with Crippen LogP contribution in [0.3, 0.4) is 0 Å².